The highest BCUT2D eigenvalue weighted by molar-refractivity contribution is 9.09. The van der Waals surface area contributed by atoms with Crippen LogP contribution in [0.25, 0.3) is 0 Å². The lowest BCUT2D eigenvalue weighted by Gasteiger charge is -2.07. The average Bonchev–Trinajstić information content (AvgIpc) is 2.39. The van der Waals surface area contributed by atoms with Crippen molar-refractivity contribution in [3.63, 3.8) is 0 Å². The molecule has 0 atom stereocenters. The number of methoxy groups -OCH3 is 1. The summed E-state index contributed by atoms with van der Waals surface area (Å²) in [6.45, 7) is 0.453. The van der Waals surface area contributed by atoms with Crippen LogP contribution < -0.4 is 10.1 Å². The Morgan fingerprint density at radius 3 is 2.56 bits per heavy atom. The van der Waals surface area contributed by atoms with Gasteiger partial charge in [-0.15, -0.1) is 0 Å². The predicted octanol–water partition coefficient (Wildman–Crippen LogP) is 3.81. The minimum atomic E-state index is -0.418. The molecule has 0 aromatic heterocycles. The molecule has 0 aliphatic rings. The summed E-state index contributed by atoms with van der Waals surface area (Å²) in [6.07, 6.45) is 2.63. The number of carbonyl (C=O) groups excluding carboxylic acids is 1. The van der Waals surface area contributed by atoms with Gasteiger partial charge in [-0.25, -0.2) is 4.79 Å². The molecule has 0 heterocycles. The van der Waals surface area contributed by atoms with E-state index in [0.29, 0.717) is 12.3 Å². The minimum absolute atomic E-state index is 0.418. The third kappa shape index (κ3) is 5.91. The number of hydrogen-bond acceptors (Lipinski definition) is 3. The Balaban J connectivity index is 2.22. The summed E-state index contributed by atoms with van der Waals surface area (Å²) in [5.74, 6) is 0.753. The Bertz CT molecular complexity index is 354. The molecule has 0 aliphatic heterocycles. The lowest BCUT2D eigenvalue weighted by molar-refractivity contribution is 0.159. The van der Waals surface area contributed by atoms with Crippen molar-refractivity contribution in [1.82, 2.24) is 0 Å². The number of amides is 1. The maximum absolute atomic E-state index is 11.4. The Morgan fingerprint density at radius 1 is 1.22 bits per heavy atom. The van der Waals surface area contributed by atoms with Gasteiger partial charge in [0, 0.05) is 11.0 Å². The van der Waals surface area contributed by atoms with Crippen LogP contribution in [0.1, 0.15) is 19.3 Å². The van der Waals surface area contributed by atoms with Gasteiger partial charge in [0.1, 0.15) is 5.75 Å². The van der Waals surface area contributed by atoms with E-state index in [-0.39, 0.29) is 0 Å². The predicted molar refractivity (Wildman–Crippen MR) is 75.6 cm³/mol. The van der Waals surface area contributed by atoms with E-state index < -0.39 is 6.09 Å². The number of hydrogen-bond donors (Lipinski definition) is 1. The van der Waals surface area contributed by atoms with Crippen molar-refractivity contribution in [1.29, 1.82) is 0 Å². The first-order valence-electron chi connectivity index (χ1n) is 5.90. The third-order valence-corrected chi connectivity index (χ3v) is 2.91. The van der Waals surface area contributed by atoms with Gasteiger partial charge in [-0.3, -0.25) is 5.32 Å². The van der Waals surface area contributed by atoms with Crippen molar-refractivity contribution < 1.29 is 14.3 Å². The van der Waals surface area contributed by atoms with Crippen LogP contribution >= 0.6 is 15.9 Å². The van der Waals surface area contributed by atoms with E-state index in [4.69, 9.17) is 9.47 Å². The molecule has 0 saturated carbocycles. The molecule has 18 heavy (non-hydrogen) atoms. The van der Waals surface area contributed by atoms with Crippen LogP contribution in [-0.4, -0.2) is 25.1 Å². The van der Waals surface area contributed by atoms with Gasteiger partial charge in [-0.05, 0) is 43.5 Å². The summed E-state index contributed by atoms with van der Waals surface area (Å²) < 4.78 is 10.1. The molecule has 1 aromatic carbocycles. The number of unbranched alkanes of at least 4 members (excludes halogenated alkanes) is 2. The standard InChI is InChI=1S/C13H18BrNO3/c1-17-12-7-5-11(6-8-12)15-13(16)18-10-4-2-3-9-14/h5-8H,2-4,9-10H2,1H3,(H,15,16). The maximum Gasteiger partial charge on any atom is 0.411 e. The molecule has 0 bridgehead atoms. The SMILES string of the molecule is COc1ccc(NC(=O)OCCCCCBr)cc1. The van der Waals surface area contributed by atoms with Crippen LogP contribution in [-0.2, 0) is 4.74 Å². The molecule has 1 aromatic rings. The molecule has 1 rings (SSSR count). The lowest BCUT2D eigenvalue weighted by Crippen LogP contribution is -2.14. The lowest BCUT2D eigenvalue weighted by atomic mass is 10.3. The average molecular weight is 316 g/mol. The highest BCUT2D eigenvalue weighted by atomic mass is 79.9. The topological polar surface area (TPSA) is 47.6 Å². The zero-order valence-electron chi connectivity index (χ0n) is 10.4. The van der Waals surface area contributed by atoms with Crippen molar-refractivity contribution in [3.05, 3.63) is 24.3 Å². The summed E-state index contributed by atoms with van der Waals surface area (Å²) in [6, 6.07) is 7.10. The van der Waals surface area contributed by atoms with Crippen molar-refractivity contribution in [3.8, 4) is 5.75 Å². The van der Waals surface area contributed by atoms with Crippen molar-refractivity contribution in [2.75, 3.05) is 24.4 Å². The van der Waals surface area contributed by atoms with Crippen molar-refractivity contribution in [2.45, 2.75) is 19.3 Å². The van der Waals surface area contributed by atoms with Crippen LogP contribution in [0.15, 0.2) is 24.3 Å². The summed E-state index contributed by atoms with van der Waals surface area (Å²) in [7, 11) is 1.60. The molecule has 0 aliphatic carbocycles. The Labute approximate surface area is 116 Å². The molecule has 4 nitrogen and oxygen atoms in total. The van der Waals surface area contributed by atoms with E-state index in [1.807, 2.05) is 0 Å². The van der Waals surface area contributed by atoms with E-state index in [0.717, 1.165) is 30.3 Å². The monoisotopic (exact) mass is 315 g/mol. The second kappa shape index (κ2) is 8.80. The van der Waals surface area contributed by atoms with Gasteiger partial charge in [0.25, 0.3) is 0 Å². The van der Waals surface area contributed by atoms with Gasteiger partial charge in [0.2, 0.25) is 0 Å². The smallest absolute Gasteiger partial charge is 0.411 e. The van der Waals surface area contributed by atoms with Gasteiger partial charge in [0.15, 0.2) is 0 Å². The molecular formula is C13H18BrNO3. The highest BCUT2D eigenvalue weighted by Gasteiger charge is 2.02. The molecular weight excluding hydrogens is 298 g/mol. The number of ether oxygens (including phenoxy) is 2. The molecule has 1 amide bonds. The summed E-state index contributed by atoms with van der Waals surface area (Å²) in [5, 5.41) is 3.65. The third-order valence-electron chi connectivity index (χ3n) is 2.35. The van der Waals surface area contributed by atoms with E-state index in [2.05, 4.69) is 21.2 Å². The first-order valence-corrected chi connectivity index (χ1v) is 7.02. The molecule has 0 fully saturated rings. The first kappa shape index (κ1) is 14.8. The van der Waals surface area contributed by atoms with Crippen LogP contribution in [0, 0.1) is 0 Å². The second-order valence-corrected chi connectivity index (χ2v) is 4.53. The summed E-state index contributed by atoms with van der Waals surface area (Å²) in [5.41, 5.74) is 0.696. The zero-order valence-corrected chi connectivity index (χ0v) is 12.0. The van der Waals surface area contributed by atoms with E-state index in [1.54, 1.807) is 31.4 Å². The maximum atomic E-state index is 11.4. The molecule has 0 unspecified atom stereocenters. The van der Waals surface area contributed by atoms with Crippen LogP contribution in [0.3, 0.4) is 0 Å². The summed E-state index contributed by atoms with van der Waals surface area (Å²) >= 11 is 3.36. The molecule has 5 heteroatoms. The number of benzene rings is 1. The Hall–Kier alpha value is -1.23. The zero-order chi connectivity index (χ0) is 13.2. The van der Waals surface area contributed by atoms with E-state index >= 15 is 0 Å². The van der Waals surface area contributed by atoms with Gasteiger partial charge in [-0.2, -0.15) is 0 Å². The fraction of sp³-hybridized carbons (Fsp3) is 0.462. The number of rotatable bonds is 7. The molecule has 0 spiro atoms. The Morgan fingerprint density at radius 2 is 1.94 bits per heavy atom. The Kier molecular flexibility index (Phi) is 7.25. The van der Waals surface area contributed by atoms with Gasteiger partial charge in [0.05, 0.1) is 13.7 Å². The second-order valence-electron chi connectivity index (χ2n) is 3.74. The van der Waals surface area contributed by atoms with Gasteiger partial charge < -0.3 is 9.47 Å². The highest BCUT2D eigenvalue weighted by Crippen LogP contribution is 2.15. The van der Waals surface area contributed by atoms with E-state index in [1.165, 1.54) is 0 Å². The summed E-state index contributed by atoms with van der Waals surface area (Å²) in [4.78, 5) is 11.4. The van der Waals surface area contributed by atoms with E-state index in [9.17, 15) is 4.79 Å². The molecule has 0 saturated heterocycles. The van der Waals surface area contributed by atoms with Gasteiger partial charge >= 0.3 is 6.09 Å². The number of halogens is 1. The molecule has 100 valence electrons. The quantitative estimate of drug-likeness (QED) is 0.615. The first-order chi connectivity index (χ1) is 8.76. The number of anilines is 1. The van der Waals surface area contributed by atoms with Crippen molar-refractivity contribution >= 4 is 27.7 Å². The fourth-order valence-corrected chi connectivity index (χ4v) is 1.76. The minimum Gasteiger partial charge on any atom is -0.497 e. The van der Waals surface area contributed by atoms with Crippen LogP contribution in [0.5, 0.6) is 5.75 Å². The number of alkyl halides is 1. The largest absolute Gasteiger partial charge is 0.497 e. The number of nitrogens with one attached hydrogen (secondary N) is 1. The normalized spacial score (nSPS) is 9.89. The molecule has 1 N–H and O–H groups in total. The fourth-order valence-electron chi connectivity index (χ4n) is 1.37. The van der Waals surface area contributed by atoms with Crippen molar-refractivity contribution in [2.24, 2.45) is 0 Å². The van der Waals surface area contributed by atoms with Crippen LogP contribution in [0.4, 0.5) is 10.5 Å². The molecule has 0 radical (unpaired) electrons. The van der Waals surface area contributed by atoms with Crippen LogP contribution in [0.2, 0.25) is 0 Å². The number of carbonyl (C=O) groups is 1. The van der Waals surface area contributed by atoms with Gasteiger partial charge in [-0.1, -0.05) is 15.9 Å².